The molecule has 0 spiro atoms. The zero-order chi connectivity index (χ0) is 22.9. The molecule has 1 fully saturated rings. The van der Waals surface area contributed by atoms with E-state index in [0.29, 0.717) is 48.3 Å². The lowest BCUT2D eigenvalue weighted by Gasteiger charge is -2.28. The Morgan fingerprint density at radius 3 is 2.70 bits per heavy atom. The molecule has 0 saturated carbocycles. The van der Waals surface area contributed by atoms with Gasteiger partial charge in [0.15, 0.2) is 16.3 Å². The Bertz CT molecular complexity index is 1380. The summed E-state index contributed by atoms with van der Waals surface area (Å²) in [5, 5.41) is 11.7. The molecule has 0 radical (unpaired) electrons. The van der Waals surface area contributed by atoms with E-state index in [1.54, 1.807) is 22.8 Å². The van der Waals surface area contributed by atoms with E-state index < -0.39 is 10.8 Å². The molecule has 5 rings (SSSR count). The van der Waals surface area contributed by atoms with Crippen LogP contribution in [0.2, 0.25) is 0 Å². The van der Waals surface area contributed by atoms with Gasteiger partial charge in [-0.25, -0.2) is 0 Å². The highest BCUT2D eigenvalue weighted by molar-refractivity contribution is 7.16. The lowest BCUT2D eigenvalue weighted by atomic mass is 10.1. The summed E-state index contributed by atoms with van der Waals surface area (Å²) in [7, 11) is 0. The summed E-state index contributed by atoms with van der Waals surface area (Å²) >= 11 is 1.28. The molecule has 2 aromatic carbocycles. The summed E-state index contributed by atoms with van der Waals surface area (Å²) < 4.78 is 18.7. The van der Waals surface area contributed by atoms with E-state index >= 15 is 0 Å². The zero-order valence-electron chi connectivity index (χ0n) is 17.4. The van der Waals surface area contributed by atoms with Crippen LogP contribution in [0.5, 0.6) is 11.5 Å². The van der Waals surface area contributed by atoms with Crippen molar-refractivity contribution in [1.82, 2.24) is 4.57 Å². The van der Waals surface area contributed by atoms with Gasteiger partial charge in [-0.3, -0.25) is 14.9 Å². The molecule has 2 aliphatic rings. The summed E-state index contributed by atoms with van der Waals surface area (Å²) in [6.07, 6.45) is 5.54. The number of carbonyl (C=O) groups excluding carboxylic acids is 1. The molecule has 0 bridgehead atoms. The molecule has 33 heavy (non-hydrogen) atoms. The van der Waals surface area contributed by atoms with Crippen molar-refractivity contribution in [3.8, 4) is 23.8 Å². The minimum atomic E-state index is -0.594. The third-order valence-corrected chi connectivity index (χ3v) is 6.44. The van der Waals surface area contributed by atoms with Crippen molar-refractivity contribution in [2.75, 3.05) is 38.0 Å². The fourth-order valence-corrected chi connectivity index (χ4v) is 4.85. The largest absolute Gasteiger partial charge is 0.454 e. The fraction of sp³-hybridized carbons (Fsp3) is 0.273. The van der Waals surface area contributed by atoms with E-state index in [1.165, 1.54) is 17.4 Å². The van der Waals surface area contributed by atoms with E-state index in [-0.39, 0.29) is 24.6 Å². The third-order valence-electron chi connectivity index (χ3n) is 5.39. The van der Waals surface area contributed by atoms with Crippen LogP contribution in [0.25, 0.3) is 10.2 Å². The first-order chi connectivity index (χ1) is 16.0. The summed E-state index contributed by atoms with van der Waals surface area (Å²) in [4.78, 5) is 30.7. The Kier molecular flexibility index (Phi) is 5.45. The topological polar surface area (TPSA) is 108 Å². The minimum Gasteiger partial charge on any atom is -0.454 e. The number of terminal acetylenes is 1. The van der Waals surface area contributed by atoms with Crippen molar-refractivity contribution >= 4 is 38.8 Å². The smallest absolute Gasteiger partial charge is 0.293 e. The highest BCUT2D eigenvalue weighted by atomic mass is 32.1. The number of hydrogen-bond acceptors (Lipinski definition) is 8. The molecule has 0 unspecified atom stereocenters. The number of amides is 1. The molecule has 10 nitrogen and oxygen atoms in total. The van der Waals surface area contributed by atoms with E-state index in [0.717, 1.165) is 10.2 Å². The van der Waals surface area contributed by atoms with Gasteiger partial charge in [0.1, 0.15) is 5.69 Å². The van der Waals surface area contributed by atoms with Gasteiger partial charge in [0.2, 0.25) is 6.79 Å². The molecule has 0 N–H and O–H groups in total. The number of nitro groups is 1. The molecule has 3 aromatic rings. The molecule has 0 aliphatic carbocycles. The number of benzene rings is 2. The van der Waals surface area contributed by atoms with E-state index in [9.17, 15) is 14.9 Å². The van der Waals surface area contributed by atoms with Gasteiger partial charge < -0.3 is 23.7 Å². The number of nitro benzene ring substituents is 1. The van der Waals surface area contributed by atoms with Gasteiger partial charge in [0, 0.05) is 36.9 Å². The maximum Gasteiger partial charge on any atom is 0.293 e. The van der Waals surface area contributed by atoms with Gasteiger partial charge >= 0.3 is 0 Å². The molecular weight excluding hydrogens is 448 g/mol. The van der Waals surface area contributed by atoms with Crippen LogP contribution in [0, 0.1) is 22.5 Å². The molecule has 168 valence electrons. The summed E-state index contributed by atoms with van der Waals surface area (Å²) in [6, 6.07) is 8.04. The van der Waals surface area contributed by atoms with Crippen molar-refractivity contribution in [1.29, 1.82) is 0 Å². The number of carbonyl (C=O) groups is 1. The minimum absolute atomic E-state index is 0.123. The summed E-state index contributed by atoms with van der Waals surface area (Å²) in [5.41, 5.74) is 1.20. The van der Waals surface area contributed by atoms with Crippen LogP contribution < -0.4 is 19.2 Å². The first-order valence-corrected chi connectivity index (χ1v) is 10.9. The quantitative estimate of drug-likeness (QED) is 0.330. The zero-order valence-corrected chi connectivity index (χ0v) is 18.2. The molecule has 1 aromatic heterocycles. The second-order valence-electron chi connectivity index (χ2n) is 7.33. The van der Waals surface area contributed by atoms with Crippen LogP contribution >= 0.6 is 11.3 Å². The normalized spacial score (nSPS) is 15.6. The first kappa shape index (κ1) is 21.0. The molecule has 2 aliphatic heterocycles. The van der Waals surface area contributed by atoms with Crippen molar-refractivity contribution in [2.24, 2.45) is 4.99 Å². The highest BCUT2D eigenvalue weighted by Gasteiger charge is 2.24. The predicted molar refractivity (Wildman–Crippen MR) is 121 cm³/mol. The van der Waals surface area contributed by atoms with Gasteiger partial charge in [-0.2, -0.15) is 4.99 Å². The average molecular weight is 466 g/mol. The second-order valence-corrected chi connectivity index (χ2v) is 8.33. The SMILES string of the molecule is C#CCn1c(=NC(=O)c2ccc(N3CCOCC3)c([N+](=O)[O-])c2)sc2cc3c(cc21)OCO3. The first-order valence-electron chi connectivity index (χ1n) is 10.1. The molecular formula is C22H18N4O6S. The van der Waals surface area contributed by atoms with Crippen LogP contribution in [-0.2, 0) is 11.3 Å². The van der Waals surface area contributed by atoms with Gasteiger partial charge in [0.05, 0.1) is 34.9 Å². The van der Waals surface area contributed by atoms with Crippen molar-refractivity contribution in [3.05, 3.63) is 50.8 Å². The Hall–Kier alpha value is -3.88. The number of rotatable bonds is 4. The second kappa shape index (κ2) is 8.57. The standard InChI is InChI=1S/C22H18N4O6S/c1-2-5-25-17-11-18-19(32-13-31-18)12-20(17)33-22(25)23-21(27)14-3-4-15(16(10-14)26(28)29)24-6-8-30-9-7-24/h1,3-4,10-12H,5-9,13H2. The molecule has 11 heteroatoms. The van der Waals surface area contributed by atoms with Crippen LogP contribution in [0.3, 0.4) is 0 Å². The lowest BCUT2D eigenvalue weighted by molar-refractivity contribution is -0.384. The number of fused-ring (bicyclic) bond motifs is 2. The Morgan fingerprint density at radius 1 is 1.21 bits per heavy atom. The molecule has 0 atom stereocenters. The number of anilines is 1. The number of morpholine rings is 1. The van der Waals surface area contributed by atoms with E-state index in [2.05, 4.69) is 10.9 Å². The van der Waals surface area contributed by atoms with Crippen LogP contribution in [0.15, 0.2) is 35.3 Å². The number of thiazole rings is 1. The van der Waals surface area contributed by atoms with Crippen LogP contribution in [-0.4, -0.2) is 48.5 Å². The molecule has 1 saturated heterocycles. The average Bonchev–Trinajstić information content (AvgIpc) is 3.41. The lowest BCUT2D eigenvalue weighted by Crippen LogP contribution is -2.36. The third kappa shape index (κ3) is 3.90. The van der Waals surface area contributed by atoms with Gasteiger partial charge in [-0.15, -0.1) is 6.42 Å². The number of aromatic nitrogens is 1. The highest BCUT2D eigenvalue weighted by Crippen LogP contribution is 2.37. The number of hydrogen-bond donors (Lipinski definition) is 0. The van der Waals surface area contributed by atoms with E-state index in [1.807, 2.05) is 11.0 Å². The van der Waals surface area contributed by atoms with Crippen LogP contribution in [0.1, 0.15) is 10.4 Å². The maximum atomic E-state index is 13.0. The maximum absolute atomic E-state index is 13.0. The predicted octanol–water partition coefficient (Wildman–Crippen LogP) is 2.55. The number of nitrogens with zero attached hydrogens (tertiary/aromatic N) is 4. The van der Waals surface area contributed by atoms with E-state index in [4.69, 9.17) is 20.6 Å². The molecule has 3 heterocycles. The summed E-state index contributed by atoms with van der Waals surface area (Å²) in [5.74, 6) is 3.19. The number of ether oxygens (including phenoxy) is 3. The fourth-order valence-electron chi connectivity index (χ4n) is 3.81. The Labute approximate surface area is 191 Å². The summed E-state index contributed by atoms with van der Waals surface area (Å²) in [6.45, 7) is 2.42. The Balaban J connectivity index is 1.55. The molecule has 1 amide bonds. The van der Waals surface area contributed by atoms with Gasteiger partial charge in [-0.1, -0.05) is 17.3 Å². The van der Waals surface area contributed by atoms with Crippen molar-refractivity contribution in [3.63, 3.8) is 0 Å². The van der Waals surface area contributed by atoms with Crippen molar-refractivity contribution in [2.45, 2.75) is 6.54 Å². The van der Waals surface area contributed by atoms with Crippen molar-refractivity contribution < 1.29 is 23.9 Å². The monoisotopic (exact) mass is 466 g/mol. The Morgan fingerprint density at radius 2 is 1.97 bits per heavy atom. The van der Waals surface area contributed by atoms with Crippen LogP contribution in [0.4, 0.5) is 11.4 Å². The van der Waals surface area contributed by atoms with Gasteiger partial charge in [0.25, 0.3) is 11.6 Å². The van der Waals surface area contributed by atoms with Gasteiger partial charge in [-0.05, 0) is 12.1 Å².